The highest BCUT2D eigenvalue weighted by Gasteiger charge is 2.16. The molecule has 7 heteroatoms. The van der Waals surface area contributed by atoms with Gasteiger partial charge in [0.05, 0.1) is 10.5 Å². The first-order chi connectivity index (χ1) is 9.88. The number of carbonyl (C=O) groups excluding carboxylic acids is 1. The lowest BCUT2D eigenvalue weighted by Crippen LogP contribution is -2.15. The molecule has 0 fully saturated rings. The van der Waals surface area contributed by atoms with Crippen molar-refractivity contribution in [3.05, 3.63) is 62.4 Å². The molecule has 0 spiro atoms. The van der Waals surface area contributed by atoms with Crippen LogP contribution < -0.4 is 5.32 Å². The number of nitro benzene ring substituents is 1. The number of rotatable bonds is 3. The lowest BCUT2D eigenvalue weighted by Gasteiger charge is -2.09. The van der Waals surface area contributed by atoms with Gasteiger partial charge < -0.3 is 5.32 Å². The fourth-order valence-electron chi connectivity index (χ4n) is 1.95. The average molecular weight is 306 g/mol. The van der Waals surface area contributed by atoms with Crippen LogP contribution in [-0.2, 0) is 0 Å². The van der Waals surface area contributed by atoms with Crippen LogP contribution in [0.3, 0.4) is 0 Å². The molecule has 1 amide bonds. The van der Waals surface area contributed by atoms with E-state index < -0.39 is 10.8 Å². The standard InChI is InChI=1S/C14H12ClN3O3/c1-8-6-9(2)16-13(15)12(8)14(19)17-10-4-3-5-11(7-10)18(20)21/h3-7H,1-2H3,(H,17,19). The van der Waals surface area contributed by atoms with Gasteiger partial charge in [-0.1, -0.05) is 17.7 Å². The van der Waals surface area contributed by atoms with Crippen LogP contribution in [-0.4, -0.2) is 15.8 Å². The summed E-state index contributed by atoms with van der Waals surface area (Å²) in [6.45, 7) is 3.53. The Kier molecular flexibility index (Phi) is 4.18. The largest absolute Gasteiger partial charge is 0.322 e. The zero-order valence-electron chi connectivity index (χ0n) is 11.4. The normalized spacial score (nSPS) is 10.2. The van der Waals surface area contributed by atoms with Crippen LogP contribution in [0.25, 0.3) is 0 Å². The summed E-state index contributed by atoms with van der Waals surface area (Å²) in [6, 6.07) is 7.43. The van der Waals surface area contributed by atoms with Gasteiger partial charge in [-0.05, 0) is 31.5 Å². The zero-order chi connectivity index (χ0) is 15.6. The van der Waals surface area contributed by atoms with Crippen LogP contribution in [0, 0.1) is 24.0 Å². The SMILES string of the molecule is Cc1cc(C)c(C(=O)Nc2cccc([N+](=O)[O-])c2)c(Cl)n1. The fraction of sp³-hybridized carbons (Fsp3) is 0.143. The Bertz CT molecular complexity index is 708. The van der Waals surface area contributed by atoms with Crippen molar-refractivity contribution in [2.45, 2.75) is 13.8 Å². The van der Waals surface area contributed by atoms with Gasteiger partial charge in [0.2, 0.25) is 0 Å². The quantitative estimate of drug-likeness (QED) is 0.534. The molecule has 1 aromatic carbocycles. The van der Waals surface area contributed by atoms with Crippen molar-refractivity contribution in [3.63, 3.8) is 0 Å². The summed E-state index contributed by atoms with van der Waals surface area (Å²) in [4.78, 5) is 26.5. The molecule has 0 atom stereocenters. The molecule has 0 aliphatic carbocycles. The third kappa shape index (κ3) is 3.35. The molecule has 1 aromatic heterocycles. The number of halogens is 1. The second-order valence-corrected chi connectivity index (χ2v) is 4.87. The number of hydrogen-bond acceptors (Lipinski definition) is 4. The highest BCUT2D eigenvalue weighted by molar-refractivity contribution is 6.33. The minimum atomic E-state index is -0.526. The number of aromatic nitrogens is 1. The Hall–Kier alpha value is -2.47. The minimum absolute atomic E-state index is 0.0994. The Morgan fingerprint density at radius 1 is 1.33 bits per heavy atom. The topological polar surface area (TPSA) is 85.1 Å². The molecule has 2 rings (SSSR count). The average Bonchev–Trinajstić information content (AvgIpc) is 2.37. The molecule has 0 bridgehead atoms. The number of nitro groups is 1. The Balaban J connectivity index is 2.30. The van der Waals surface area contributed by atoms with Crippen molar-refractivity contribution in [3.8, 4) is 0 Å². The number of anilines is 1. The molecule has 0 saturated carbocycles. The van der Waals surface area contributed by atoms with Gasteiger partial charge in [0.1, 0.15) is 5.15 Å². The minimum Gasteiger partial charge on any atom is -0.322 e. The highest BCUT2D eigenvalue weighted by atomic mass is 35.5. The molecule has 0 saturated heterocycles. The van der Waals surface area contributed by atoms with E-state index in [0.717, 1.165) is 0 Å². The van der Waals surface area contributed by atoms with Crippen LogP contribution in [0.5, 0.6) is 0 Å². The first kappa shape index (κ1) is 14.9. The molecule has 0 aliphatic rings. The zero-order valence-corrected chi connectivity index (χ0v) is 12.1. The summed E-state index contributed by atoms with van der Waals surface area (Å²) in [5, 5.41) is 13.4. The molecule has 0 unspecified atom stereocenters. The van der Waals surface area contributed by atoms with Crippen molar-refractivity contribution in [2.75, 3.05) is 5.32 Å². The van der Waals surface area contributed by atoms with Gasteiger partial charge in [0.15, 0.2) is 0 Å². The number of non-ortho nitro benzene ring substituents is 1. The maximum absolute atomic E-state index is 12.2. The monoisotopic (exact) mass is 305 g/mol. The summed E-state index contributed by atoms with van der Waals surface area (Å²) in [5.41, 5.74) is 1.89. The Morgan fingerprint density at radius 2 is 2.05 bits per heavy atom. The number of aryl methyl sites for hydroxylation is 2. The van der Waals surface area contributed by atoms with Gasteiger partial charge in [0.25, 0.3) is 11.6 Å². The molecule has 108 valence electrons. The van der Waals surface area contributed by atoms with Crippen molar-refractivity contribution in [2.24, 2.45) is 0 Å². The molecular weight excluding hydrogens is 294 g/mol. The van der Waals surface area contributed by atoms with Crippen LogP contribution in [0.4, 0.5) is 11.4 Å². The van der Waals surface area contributed by atoms with Gasteiger partial charge in [-0.25, -0.2) is 4.98 Å². The molecule has 6 nitrogen and oxygen atoms in total. The maximum Gasteiger partial charge on any atom is 0.271 e. The van der Waals surface area contributed by atoms with Crippen molar-refractivity contribution < 1.29 is 9.72 Å². The number of hydrogen-bond donors (Lipinski definition) is 1. The van der Waals surface area contributed by atoms with E-state index in [9.17, 15) is 14.9 Å². The summed E-state index contributed by atoms with van der Waals surface area (Å²) in [7, 11) is 0. The van der Waals surface area contributed by atoms with Gasteiger partial charge in [-0.15, -0.1) is 0 Å². The molecule has 0 radical (unpaired) electrons. The predicted molar refractivity (Wildman–Crippen MR) is 79.8 cm³/mol. The van der Waals surface area contributed by atoms with E-state index in [-0.39, 0.29) is 16.4 Å². The summed E-state index contributed by atoms with van der Waals surface area (Å²) in [6.07, 6.45) is 0. The van der Waals surface area contributed by atoms with E-state index in [4.69, 9.17) is 11.6 Å². The molecule has 1 heterocycles. The third-order valence-corrected chi connectivity index (χ3v) is 3.12. The number of nitrogens with zero attached hydrogens (tertiary/aromatic N) is 2. The van der Waals surface area contributed by atoms with Crippen LogP contribution in [0.15, 0.2) is 30.3 Å². The van der Waals surface area contributed by atoms with Crippen LogP contribution in [0.1, 0.15) is 21.6 Å². The Labute approximate surface area is 125 Å². The van der Waals surface area contributed by atoms with Crippen LogP contribution >= 0.6 is 11.6 Å². The smallest absolute Gasteiger partial charge is 0.271 e. The summed E-state index contributed by atoms with van der Waals surface area (Å²) < 4.78 is 0. The van der Waals surface area contributed by atoms with E-state index in [0.29, 0.717) is 16.9 Å². The van der Waals surface area contributed by atoms with Gasteiger partial charge >= 0.3 is 0 Å². The van der Waals surface area contributed by atoms with Crippen molar-refractivity contribution in [1.29, 1.82) is 0 Å². The van der Waals surface area contributed by atoms with Crippen molar-refractivity contribution in [1.82, 2.24) is 4.98 Å². The van der Waals surface area contributed by atoms with Crippen LogP contribution in [0.2, 0.25) is 5.15 Å². The van der Waals surface area contributed by atoms with E-state index >= 15 is 0 Å². The van der Waals surface area contributed by atoms with E-state index in [1.165, 1.54) is 18.2 Å². The first-order valence-corrected chi connectivity index (χ1v) is 6.46. The second-order valence-electron chi connectivity index (χ2n) is 4.51. The number of amides is 1. The van der Waals surface area contributed by atoms with Gasteiger partial charge in [-0.2, -0.15) is 0 Å². The maximum atomic E-state index is 12.2. The summed E-state index contributed by atoms with van der Waals surface area (Å²) >= 11 is 6.00. The predicted octanol–water partition coefficient (Wildman–Crippen LogP) is 3.51. The number of carbonyl (C=O) groups is 1. The molecule has 0 aliphatic heterocycles. The second kappa shape index (κ2) is 5.88. The first-order valence-electron chi connectivity index (χ1n) is 6.08. The highest BCUT2D eigenvalue weighted by Crippen LogP contribution is 2.22. The van der Waals surface area contributed by atoms with E-state index in [1.807, 2.05) is 0 Å². The van der Waals surface area contributed by atoms with Crippen molar-refractivity contribution >= 4 is 28.9 Å². The number of nitrogens with one attached hydrogen (secondary N) is 1. The number of pyridine rings is 1. The summed E-state index contributed by atoms with van der Waals surface area (Å²) in [5.74, 6) is -0.453. The Morgan fingerprint density at radius 3 is 2.67 bits per heavy atom. The molecule has 1 N–H and O–H groups in total. The number of benzene rings is 1. The van der Waals surface area contributed by atoms with E-state index in [2.05, 4.69) is 10.3 Å². The lowest BCUT2D eigenvalue weighted by atomic mass is 10.1. The van der Waals surface area contributed by atoms with Gasteiger partial charge in [0, 0.05) is 23.5 Å². The lowest BCUT2D eigenvalue weighted by molar-refractivity contribution is -0.384. The fourth-order valence-corrected chi connectivity index (χ4v) is 2.32. The molecular formula is C14H12ClN3O3. The third-order valence-electron chi connectivity index (χ3n) is 2.84. The van der Waals surface area contributed by atoms with Gasteiger partial charge in [-0.3, -0.25) is 14.9 Å². The van der Waals surface area contributed by atoms with E-state index in [1.54, 1.807) is 26.0 Å². The molecule has 21 heavy (non-hydrogen) atoms. The molecule has 2 aromatic rings.